The van der Waals surface area contributed by atoms with Gasteiger partial charge in [0.2, 0.25) is 0 Å². The number of ether oxygens (including phenoxy) is 2. The third kappa shape index (κ3) is 3.49. The molecule has 2 aliphatic rings. The van der Waals surface area contributed by atoms with Crippen LogP contribution in [0.1, 0.15) is 62.8 Å². The molecule has 2 aromatic rings. The van der Waals surface area contributed by atoms with Crippen LogP contribution >= 0.6 is 0 Å². The Morgan fingerprint density at radius 2 is 1.46 bits per heavy atom. The minimum Gasteiger partial charge on any atom is -0.372 e. The molecule has 0 amide bonds. The Kier molecular flexibility index (Phi) is 5.25. The van der Waals surface area contributed by atoms with Crippen LogP contribution in [-0.2, 0) is 35.8 Å². The third-order valence-electron chi connectivity index (χ3n) is 4.13. The van der Waals surface area contributed by atoms with Crippen molar-refractivity contribution in [1.29, 1.82) is 0 Å². The predicted molar refractivity (Wildman–Crippen MR) is 87.5 cm³/mol. The van der Waals surface area contributed by atoms with E-state index in [0.29, 0.717) is 25.2 Å². The molecule has 8 heteroatoms. The Hall–Kier alpha value is -1.80. The number of hydrogen-bond acceptors (Lipinski definition) is 6. The summed E-state index contributed by atoms with van der Waals surface area (Å²) in [5, 5.41) is 16.4. The molecule has 0 atom stereocenters. The monoisotopic (exact) mass is 334 g/mol. The van der Waals surface area contributed by atoms with E-state index in [9.17, 15) is 0 Å². The third-order valence-corrected chi connectivity index (χ3v) is 4.13. The second-order valence-corrected chi connectivity index (χ2v) is 6.68. The van der Waals surface area contributed by atoms with Gasteiger partial charge in [-0.2, -0.15) is 0 Å². The first-order valence-electron chi connectivity index (χ1n) is 8.57. The normalized spacial score (nSPS) is 16.6. The summed E-state index contributed by atoms with van der Waals surface area (Å²) >= 11 is 0. The molecule has 0 bridgehead atoms. The first-order chi connectivity index (χ1) is 11.6. The molecule has 24 heavy (non-hydrogen) atoms. The summed E-state index contributed by atoms with van der Waals surface area (Å²) in [6.45, 7) is 12.2. The van der Waals surface area contributed by atoms with E-state index in [4.69, 9.17) is 9.47 Å². The van der Waals surface area contributed by atoms with Crippen LogP contribution in [-0.4, -0.2) is 42.7 Å². The summed E-state index contributed by atoms with van der Waals surface area (Å²) in [7, 11) is 0. The smallest absolute Gasteiger partial charge is 0.159 e. The lowest BCUT2D eigenvalue weighted by Crippen LogP contribution is -2.19. The second kappa shape index (κ2) is 7.40. The van der Waals surface area contributed by atoms with E-state index in [1.54, 1.807) is 0 Å². The maximum atomic E-state index is 5.33. The Morgan fingerprint density at radius 3 is 2.17 bits per heavy atom. The predicted octanol–water partition coefficient (Wildman–Crippen LogP) is 1.86. The molecular weight excluding hydrogens is 308 g/mol. The van der Waals surface area contributed by atoms with Crippen LogP contribution in [0, 0.1) is 0 Å². The maximum Gasteiger partial charge on any atom is 0.159 e. The van der Waals surface area contributed by atoms with E-state index in [2.05, 4.69) is 57.2 Å². The van der Waals surface area contributed by atoms with Crippen molar-refractivity contribution >= 4 is 0 Å². The zero-order valence-corrected chi connectivity index (χ0v) is 14.9. The van der Waals surface area contributed by atoms with Gasteiger partial charge in [-0.25, -0.2) is 0 Å². The molecule has 2 aliphatic heterocycles. The Balaban J connectivity index is 0.000000141. The minimum absolute atomic E-state index is 0.424. The highest BCUT2D eigenvalue weighted by Gasteiger charge is 2.18. The molecular formula is C16H26N6O2. The number of hydrogen-bond donors (Lipinski definition) is 0. The Morgan fingerprint density at radius 1 is 0.792 bits per heavy atom. The van der Waals surface area contributed by atoms with E-state index in [1.807, 2.05) is 0 Å². The SMILES string of the molecule is CC(C)c1nnc2n1CCOC2.CC(C)c1nnc2n1COCC2. The molecule has 4 heterocycles. The summed E-state index contributed by atoms with van der Waals surface area (Å²) in [6, 6.07) is 0. The van der Waals surface area contributed by atoms with Crippen molar-refractivity contribution in [1.82, 2.24) is 29.5 Å². The highest BCUT2D eigenvalue weighted by molar-refractivity contribution is 5.01. The molecule has 0 fully saturated rings. The molecule has 4 rings (SSSR count). The zero-order valence-electron chi connectivity index (χ0n) is 14.9. The van der Waals surface area contributed by atoms with Crippen molar-refractivity contribution in [3.8, 4) is 0 Å². The molecule has 0 N–H and O–H groups in total. The van der Waals surface area contributed by atoms with Crippen molar-refractivity contribution in [3.63, 3.8) is 0 Å². The highest BCUT2D eigenvalue weighted by atomic mass is 16.5. The van der Waals surface area contributed by atoms with Crippen molar-refractivity contribution in [2.75, 3.05) is 13.2 Å². The van der Waals surface area contributed by atoms with Crippen molar-refractivity contribution in [2.45, 2.75) is 65.8 Å². The van der Waals surface area contributed by atoms with Gasteiger partial charge < -0.3 is 14.0 Å². The number of fused-ring (bicyclic) bond motifs is 2. The van der Waals surface area contributed by atoms with Crippen LogP contribution in [0.3, 0.4) is 0 Å². The van der Waals surface area contributed by atoms with Crippen LogP contribution < -0.4 is 0 Å². The summed E-state index contributed by atoms with van der Waals surface area (Å²) < 4.78 is 14.8. The van der Waals surface area contributed by atoms with E-state index in [0.717, 1.165) is 49.5 Å². The van der Waals surface area contributed by atoms with Gasteiger partial charge in [-0.3, -0.25) is 4.57 Å². The van der Waals surface area contributed by atoms with Crippen LogP contribution in [0.2, 0.25) is 0 Å². The molecule has 2 aromatic heterocycles. The molecule has 132 valence electrons. The van der Waals surface area contributed by atoms with Crippen molar-refractivity contribution < 1.29 is 9.47 Å². The highest BCUT2D eigenvalue weighted by Crippen LogP contribution is 2.17. The summed E-state index contributed by atoms with van der Waals surface area (Å²) in [5.41, 5.74) is 0. The fraction of sp³-hybridized carbons (Fsp3) is 0.750. The summed E-state index contributed by atoms with van der Waals surface area (Å²) in [4.78, 5) is 0. The van der Waals surface area contributed by atoms with Crippen LogP contribution in [0.5, 0.6) is 0 Å². The molecule has 0 saturated carbocycles. The average Bonchev–Trinajstić information content (AvgIpc) is 3.19. The number of aromatic nitrogens is 6. The average molecular weight is 334 g/mol. The molecule has 8 nitrogen and oxygen atoms in total. The number of nitrogens with zero attached hydrogens (tertiary/aromatic N) is 6. The number of rotatable bonds is 2. The molecule has 0 saturated heterocycles. The van der Waals surface area contributed by atoms with Crippen molar-refractivity contribution in [3.05, 3.63) is 23.3 Å². The molecule has 0 aliphatic carbocycles. The van der Waals surface area contributed by atoms with E-state index >= 15 is 0 Å². The van der Waals surface area contributed by atoms with Crippen LogP contribution in [0.15, 0.2) is 0 Å². The molecule has 0 unspecified atom stereocenters. The van der Waals surface area contributed by atoms with Crippen LogP contribution in [0.4, 0.5) is 0 Å². The van der Waals surface area contributed by atoms with Gasteiger partial charge in [-0.05, 0) is 0 Å². The molecule has 0 radical (unpaired) electrons. The van der Waals surface area contributed by atoms with Gasteiger partial charge in [0.25, 0.3) is 0 Å². The molecule has 0 aromatic carbocycles. The standard InChI is InChI=1S/2C8H13N3O/c1-6(2)8-10-9-7-5-12-4-3-11(7)8;1-6(2)8-10-9-7-3-4-12-5-11(7)8/h2*6H,3-5H2,1-2H3. The fourth-order valence-electron chi connectivity index (χ4n) is 2.87. The fourth-order valence-corrected chi connectivity index (χ4v) is 2.87. The zero-order chi connectivity index (χ0) is 17.1. The topological polar surface area (TPSA) is 79.9 Å². The Bertz CT molecular complexity index is 618. The first kappa shape index (κ1) is 17.0. The van der Waals surface area contributed by atoms with E-state index in [-0.39, 0.29) is 0 Å². The van der Waals surface area contributed by atoms with Gasteiger partial charge in [0.15, 0.2) is 5.82 Å². The van der Waals surface area contributed by atoms with Gasteiger partial charge in [-0.1, -0.05) is 27.7 Å². The molecule has 0 spiro atoms. The van der Waals surface area contributed by atoms with Crippen LogP contribution in [0.25, 0.3) is 0 Å². The van der Waals surface area contributed by atoms with E-state index < -0.39 is 0 Å². The second-order valence-electron chi connectivity index (χ2n) is 6.68. The lowest BCUT2D eigenvalue weighted by molar-refractivity contribution is 0.0533. The van der Waals surface area contributed by atoms with Gasteiger partial charge in [0.05, 0.1) is 13.2 Å². The van der Waals surface area contributed by atoms with Crippen molar-refractivity contribution in [2.24, 2.45) is 0 Å². The van der Waals surface area contributed by atoms with Gasteiger partial charge >= 0.3 is 0 Å². The maximum absolute atomic E-state index is 5.33. The van der Waals surface area contributed by atoms with Gasteiger partial charge in [-0.15, -0.1) is 20.4 Å². The lowest BCUT2D eigenvalue weighted by Gasteiger charge is -2.16. The summed E-state index contributed by atoms with van der Waals surface area (Å²) in [5.74, 6) is 5.00. The van der Waals surface area contributed by atoms with E-state index in [1.165, 1.54) is 0 Å². The lowest BCUT2D eigenvalue weighted by atomic mass is 10.2. The van der Waals surface area contributed by atoms with Gasteiger partial charge in [0.1, 0.15) is 30.8 Å². The summed E-state index contributed by atoms with van der Waals surface area (Å²) in [6.07, 6.45) is 0.889. The quantitative estimate of drug-likeness (QED) is 0.834. The largest absolute Gasteiger partial charge is 0.372 e. The van der Waals surface area contributed by atoms with Gasteiger partial charge in [0, 0.05) is 24.8 Å². The first-order valence-corrected chi connectivity index (χ1v) is 8.57. The minimum atomic E-state index is 0.424. The Labute approximate surface area is 142 Å².